The van der Waals surface area contributed by atoms with Gasteiger partial charge in [0.1, 0.15) is 0 Å². The molecule has 0 spiro atoms. The maximum Gasteiger partial charge on any atom is 0.252 e. The van der Waals surface area contributed by atoms with Crippen LogP contribution in [-0.2, 0) is 0 Å². The lowest BCUT2D eigenvalue weighted by Crippen LogP contribution is -2.54. The summed E-state index contributed by atoms with van der Waals surface area (Å²) < 4.78 is 0. The molecule has 0 aromatic heterocycles. The van der Waals surface area contributed by atoms with Gasteiger partial charge in [0.25, 0.3) is 5.91 Å². The molecule has 0 aliphatic carbocycles. The molecular formula is C14H21NO3. The number of hydrogen-bond acceptors (Lipinski definition) is 3. The zero-order valence-electron chi connectivity index (χ0n) is 10.9. The van der Waals surface area contributed by atoms with Crippen molar-refractivity contribution in [2.24, 2.45) is 0 Å². The summed E-state index contributed by atoms with van der Waals surface area (Å²) in [7, 11) is 0. The zero-order chi connectivity index (χ0) is 13.6. The van der Waals surface area contributed by atoms with Gasteiger partial charge in [0.2, 0.25) is 0 Å². The number of aliphatic hydroxyl groups excluding tert-OH is 2. The molecule has 0 fully saturated rings. The average molecular weight is 251 g/mol. The van der Waals surface area contributed by atoms with Gasteiger partial charge in [-0.3, -0.25) is 4.79 Å². The van der Waals surface area contributed by atoms with Crippen molar-refractivity contribution < 1.29 is 15.0 Å². The van der Waals surface area contributed by atoms with Gasteiger partial charge in [0, 0.05) is 5.56 Å². The second-order valence-electron chi connectivity index (χ2n) is 4.62. The predicted octanol–water partition coefficient (Wildman–Crippen LogP) is 1.25. The Kier molecular flexibility index (Phi) is 5.31. The van der Waals surface area contributed by atoms with E-state index in [1.807, 2.05) is 26.0 Å². The molecule has 1 aromatic rings. The first-order valence-electron chi connectivity index (χ1n) is 6.18. The molecule has 4 nitrogen and oxygen atoms in total. The maximum atomic E-state index is 12.1. The average Bonchev–Trinajstić information content (AvgIpc) is 2.38. The molecule has 0 aliphatic heterocycles. The van der Waals surface area contributed by atoms with Gasteiger partial charge >= 0.3 is 0 Å². The fourth-order valence-electron chi connectivity index (χ4n) is 1.96. The molecule has 0 aliphatic rings. The first-order valence-corrected chi connectivity index (χ1v) is 6.18. The summed E-state index contributed by atoms with van der Waals surface area (Å²) in [6, 6.07) is 7.25. The van der Waals surface area contributed by atoms with Crippen LogP contribution < -0.4 is 5.32 Å². The Morgan fingerprint density at radius 1 is 1.28 bits per heavy atom. The molecule has 4 heteroatoms. The highest BCUT2D eigenvalue weighted by molar-refractivity contribution is 5.96. The Labute approximate surface area is 108 Å². The minimum atomic E-state index is -0.936. The molecule has 0 saturated heterocycles. The number of amides is 1. The Bertz CT molecular complexity index is 400. The Hall–Kier alpha value is -1.39. The van der Waals surface area contributed by atoms with E-state index in [-0.39, 0.29) is 19.1 Å². The highest BCUT2D eigenvalue weighted by atomic mass is 16.3. The fourth-order valence-corrected chi connectivity index (χ4v) is 1.96. The SMILES string of the molecule is CCCC(CO)(CO)NC(=O)c1ccccc1C. The summed E-state index contributed by atoms with van der Waals surface area (Å²) in [6.07, 6.45) is 1.31. The van der Waals surface area contributed by atoms with Gasteiger partial charge in [-0.25, -0.2) is 0 Å². The van der Waals surface area contributed by atoms with E-state index in [4.69, 9.17) is 0 Å². The van der Waals surface area contributed by atoms with E-state index in [9.17, 15) is 15.0 Å². The molecule has 0 radical (unpaired) electrons. The molecule has 1 amide bonds. The van der Waals surface area contributed by atoms with Gasteiger partial charge in [0.05, 0.1) is 18.8 Å². The van der Waals surface area contributed by atoms with Crippen LogP contribution in [0.5, 0.6) is 0 Å². The molecule has 1 rings (SSSR count). The van der Waals surface area contributed by atoms with Gasteiger partial charge in [-0.1, -0.05) is 31.5 Å². The fraction of sp³-hybridized carbons (Fsp3) is 0.500. The molecule has 0 heterocycles. The molecular weight excluding hydrogens is 230 g/mol. The molecule has 0 bridgehead atoms. The van der Waals surface area contributed by atoms with E-state index >= 15 is 0 Å². The van der Waals surface area contributed by atoms with E-state index in [1.54, 1.807) is 12.1 Å². The number of aryl methyl sites for hydroxylation is 1. The lowest BCUT2D eigenvalue weighted by Gasteiger charge is -2.31. The normalized spacial score (nSPS) is 11.3. The lowest BCUT2D eigenvalue weighted by atomic mass is 9.94. The summed E-state index contributed by atoms with van der Waals surface area (Å²) in [6.45, 7) is 3.26. The van der Waals surface area contributed by atoms with Crippen molar-refractivity contribution in [3.05, 3.63) is 35.4 Å². The number of aliphatic hydroxyl groups is 2. The number of hydrogen-bond donors (Lipinski definition) is 3. The van der Waals surface area contributed by atoms with Gasteiger partial charge in [-0.05, 0) is 25.0 Å². The third-order valence-electron chi connectivity index (χ3n) is 3.10. The predicted molar refractivity (Wildman–Crippen MR) is 70.5 cm³/mol. The standard InChI is InChI=1S/C14H21NO3/c1-3-8-14(9-16,10-17)15-13(18)12-7-5-4-6-11(12)2/h4-7,16-17H,3,8-10H2,1-2H3,(H,15,18). The van der Waals surface area contributed by atoms with E-state index in [1.165, 1.54) is 0 Å². The number of rotatable bonds is 6. The van der Waals surface area contributed by atoms with Crippen LogP contribution in [0.2, 0.25) is 0 Å². The van der Waals surface area contributed by atoms with Crippen LogP contribution in [0.15, 0.2) is 24.3 Å². The van der Waals surface area contributed by atoms with Gasteiger partial charge in [-0.15, -0.1) is 0 Å². The van der Waals surface area contributed by atoms with Gasteiger partial charge < -0.3 is 15.5 Å². The summed E-state index contributed by atoms with van der Waals surface area (Å²) in [5, 5.41) is 21.5. The molecule has 3 N–H and O–H groups in total. The summed E-state index contributed by atoms with van der Waals surface area (Å²) in [5.74, 6) is -0.260. The van der Waals surface area contributed by atoms with Crippen LogP contribution in [0.1, 0.15) is 35.7 Å². The van der Waals surface area contributed by atoms with Crippen LogP contribution in [-0.4, -0.2) is 34.9 Å². The smallest absolute Gasteiger partial charge is 0.252 e. The van der Waals surface area contributed by atoms with Crippen LogP contribution in [0.4, 0.5) is 0 Å². The molecule has 0 saturated carbocycles. The van der Waals surface area contributed by atoms with E-state index < -0.39 is 5.54 Å². The number of carbonyl (C=O) groups is 1. The number of carbonyl (C=O) groups excluding carboxylic acids is 1. The van der Waals surface area contributed by atoms with Crippen molar-refractivity contribution in [1.82, 2.24) is 5.32 Å². The van der Waals surface area contributed by atoms with Crippen LogP contribution in [0.25, 0.3) is 0 Å². The van der Waals surface area contributed by atoms with Crippen LogP contribution in [0.3, 0.4) is 0 Å². The Balaban J connectivity index is 2.88. The molecule has 0 atom stereocenters. The first-order chi connectivity index (χ1) is 8.58. The zero-order valence-corrected chi connectivity index (χ0v) is 10.9. The summed E-state index contributed by atoms with van der Waals surface area (Å²) in [4.78, 5) is 12.1. The highest BCUT2D eigenvalue weighted by Crippen LogP contribution is 2.14. The number of nitrogens with one attached hydrogen (secondary N) is 1. The monoisotopic (exact) mass is 251 g/mol. The van der Waals surface area contributed by atoms with Crippen molar-refractivity contribution in [3.8, 4) is 0 Å². The molecule has 1 aromatic carbocycles. The third-order valence-corrected chi connectivity index (χ3v) is 3.10. The number of benzene rings is 1. The van der Waals surface area contributed by atoms with Crippen molar-refractivity contribution in [2.45, 2.75) is 32.2 Å². The second kappa shape index (κ2) is 6.52. The minimum absolute atomic E-state index is 0.260. The lowest BCUT2D eigenvalue weighted by molar-refractivity contribution is 0.0631. The van der Waals surface area contributed by atoms with Crippen molar-refractivity contribution in [1.29, 1.82) is 0 Å². The maximum absolute atomic E-state index is 12.1. The molecule has 0 unspecified atom stereocenters. The Morgan fingerprint density at radius 2 is 1.89 bits per heavy atom. The van der Waals surface area contributed by atoms with Crippen molar-refractivity contribution >= 4 is 5.91 Å². The van der Waals surface area contributed by atoms with Gasteiger partial charge in [-0.2, -0.15) is 0 Å². The van der Waals surface area contributed by atoms with Crippen LogP contribution in [0, 0.1) is 6.92 Å². The van der Waals surface area contributed by atoms with E-state index in [0.717, 1.165) is 12.0 Å². The summed E-state index contributed by atoms with van der Waals surface area (Å²) >= 11 is 0. The van der Waals surface area contributed by atoms with E-state index in [2.05, 4.69) is 5.32 Å². The largest absolute Gasteiger partial charge is 0.394 e. The van der Waals surface area contributed by atoms with Crippen molar-refractivity contribution in [2.75, 3.05) is 13.2 Å². The van der Waals surface area contributed by atoms with Gasteiger partial charge in [0.15, 0.2) is 0 Å². The topological polar surface area (TPSA) is 69.6 Å². The quantitative estimate of drug-likeness (QED) is 0.712. The minimum Gasteiger partial charge on any atom is -0.394 e. The summed E-state index contributed by atoms with van der Waals surface area (Å²) in [5.41, 5.74) is 0.504. The Morgan fingerprint density at radius 3 is 2.39 bits per heavy atom. The third kappa shape index (κ3) is 3.31. The first kappa shape index (κ1) is 14.7. The highest BCUT2D eigenvalue weighted by Gasteiger charge is 2.30. The van der Waals surface area contributed by atoms with E-state index in [0.29, 0.717) is 12.0 Å². The van der Waals surface area contributed by atoms with Crippen molar-refractivity contribution in [3.63, 3.8) is 0 Å². The molecule has 18 heavy (non-hydrogen) atoms. The van der Waals surface area contributed by atoms with Crippen LogP contribution >= 0.6 is 0 Å². The molecule has 100 valence electrons. The second-order valence-corrected chi connectivity index (χ2v) is 4.62.